The highest BCUT2D eigenvalue weighted by molar-refractivity contribution is 5.94. The summed E-state index contributed by atoms with van der Waals surface area (Å²) in [7, 11) is 0. The molecule has 0 saturated heterocycles. The quantitative estimate of drug-likeness (QED) is 0.616. The summed E-state index contributed by atoms with van der Waals surface area (Å²) in [5, 5.41) is 7.14. The molecule has 1 atom stereocenters. The number of amides is 1. The number of ether oxygens (including phenoxy) is 3. The largest absolute Gasteiger partial charge is 0.486 e. The maximum Gasteiger partial charge on any atom is 0.341 e. The predicted molar refractivity (Wildman–Crippen MR) is 113 cm³/mol. The molecule has 0 radical (unpaired) electrons. The third-order valence-corrected chi connectivity index (χ3v) is 4.94. The fourth-order valence-corrected chi connectivity index (χ4v) is 3.31. The number of nitrogens with one attached hydrogen (secondary N) is 1. The van der Waals surface area contributed by atoms with E-state index >= 15 is 0 Å². The SMILES string of the molecule is CCOC(=O)c1cnn(-c2ccc(C(=O)NCC3COc4ccccc4O3)cc2)c1C. The molecule has 0 saturated carbocycles. The zero-order chi connectivity index (χ0) is 21.8. The van der Waals surface area contributed by atoms with Gasteiger partial charge in [0.15, 0.2) is 11.5 Å². The van der Waals surface area contributed by atoms with Crippen molar-refractivity contribution in [3.05, 3.63) is 71.5 Å². The van der Waals surface area contributed by atoms with Crippen molar-refractivity contribution in [1.29, 1.82) is 0 Å². The van der Waals surface area contributed by atoms with Gasteiger partial charge in [-0.1, -0.05) is 12.1 Å². The average Bonchev–Trinajstić information content (AvgIpc) is 3.19. The Balaban J connectivity index is 1.37. The fourth-order valence-electron chi connectivity index (χ4n) is 3.31. The number of hydrogen-bond acceptors (Lipinski definition) is 6. The number of hydrogen-bond donors (Lipinski definition) is 1. The van der Waals surface area contributed by atoms with E-state index in [-0.39, 0.29) is 12.0 Å². The molecule has 0 bridgehead atoms. The molecule has 31 heavy (non-hydrogen) atoms. The van der Waals surface area contributed by atoms with Gasteiger partial charge in [-0.25, -0.2) is 9.48 Å². The van der Waals surface area contributed by atoms with Gasteiger partial charge in [-0.05, 0) is 50.2 Å². The molecule has 0 fully saturated rings. The lowest BCUT2D eigenvalue weighted by Crippen LogP contribution is -2.40. The minimum Gasteiger partial charge on any atom is -0.486 e. The molecule has 0 spiro atoms. The molecular weight excluding hydrogens is 398 g/mol. The summed E-state index contributed by atoms with van der Waals surface area (Å²) < 4.78 is 18.2. The summed E-state index contributed by atoms with van der Waals surface area (Å²) in [4.78, 5) is 24.5. The van der Waals surface area contributed by atoms with Gasteiger partial charge >= 0.3 is 5.97 Å². The van der Waals surface area contributed by atoms with E-state index in [2.05, 4.69) is 10.4 Å². The number of fused-ring (bicyclic) bond motifs is 1. The zero-order valence-electron chi connectivity index (χ0n) is 17.3. The molecule has 1 amide bonds. The molecule has 2 aromatic carbocycles. The molecule has 1 unspecified atom stereocenters. The van der Waals surface area contributed by atoms with E-state index in [1.54, 1.807) is 42.8 Å². The van der Waals surface area contributed by atoms with Crippen LogP contribution < -0.4 is 14.8 Å². The minimum absolute atomic E-state index is 0.210. The summed E-state index contributed by atoms with van der Waals surface area (Å²) in [5.41, 5.74) is 2.34. The van der Waals surface area contributed by atoms with E-state index in [0.717, 1.165) is 5.69 Å². The number of carbonyl (C=O) groups excluding carboxylic acids is 2. The lowest BCUT2D eigenvalue weighted by Gasteiger charge is -2.26. The van der Waals surface area contributed by atoms with Crippen molar-refractivity contribution in [2.45, 2.75) is 20.0 Å². The van der Waals surface area contributed by atoms with E-state index < -0.39 is 5.97 Å². The van der Waals surface area contributed by atoms with Gasteiger partial charge in [0, 0.05) is 5.56 Å². The number of aromatic nitrogens is 2. The highest BCUT2D eigenvalue weighted by Crippen LogP contribution is 2.30. The summed E-state index contributed by atoms with van der Waals surface area (Å²) in [6.07, 6.45) is 1.23. The third kappa shape index (κ3) is 4.37. The lowest BCUT2D eigenvalue weighted by molar-refractivity contribution is 0.0525. The summed E-state index contributed by atoms with van der Waals surface area (Å²) in [5.74, 6) is 0.770. The van der Waals surface area contributed by atoms with Crippen LogP contribution in [0.1, 0.15) is 33.3 Å². The Morgan fingerprint density at radius 1 is 1.16 bits per heavy atom. The molecule has 4 rings (SSSR count). The number of esters is 1. The van der Waals surface area contributed by atoms with Gasteiger partial charge in [0.05, 0.1) is 30.7 Å². The van der Waals surface area contributed by atoms with Crippen LogP contribution in [0, 0.1) is 6.92 Å². The van der Waals surface area contributed by atoms with Gasteiger partial charge < -0.3 is 19.5 Å². The number of rotatable bonds is 6. The second kappa shape index (κ2) is 8.91. The van der Waals surface area contributed by atoms with Crippen molar-refractivity contribution in [2.75, 3.05) is 19.8 Å². The Morgan fingerprint density at radius 3 is 2.65 bits per heavy atom. The molecule has 8 heteroatoms. The van der Waals surface area contributed by atoms with E-state index in [4.69, 9.17) is 14.2 Å². The van der Waals surface area contributed by atoms with Crippen LogP contribution in [0.15, 0.2) is 54.7 Å². The minimum atomic E-state index is -0.404. The van der Waals surface area contributed by atoms with Crippen LogP contribution in [-0.4, -0.2) is 47.5 Å². The summed E-state index contributed by atoms with van der Waals surface area (Å²) >= 11 is 0. The van der Waals surface area contributed by atoms with Crippen LogP contribution in [0.3, 0.4) is 0 Å². The fraction of sp³-hybridized carbons (Fsp3) is 0.261. The molecule has 3 aromatic rings. The molecular formula is C23H23N3O5. The molecule has 1 aliphatic heterocycles. The normalized spacial score (nSPS) is 14.7. The number of carbonyl (C=O) groups is 2. The molecule has 1 aromatic heterocycles. The molecule has 2 heterocycles. The maximum absolute atomic E-state index is 12.5. The van der Waals surface area contributed by atoms with Gasteiger partial charge in [-0.2, -0.15) is 5.10 Å². The Morgan fingerprint density at radius 2 is 1.90 bits per heavy atom. The highest BCUT2D eigenvalue weighted by atomic mass is 16.6. The summed E-state index contributed by atoms with van der Waals surface area (Å²) in [6, 6.07) is 14.4. The molecule has 8 nitrogen and oxygen atoms in total. The average molecular weight is 421 g/mol. The van der Waals surface area contributed by atoms with Gasteiger partial charge in [-0.15, -0.1) is 0 Å². The Hall–Kier alpha value is -3.81. The Labute approximate surface area is 179 Å². The number of benzene rings is 2. The summed E-state index contributed by atoms with van der Waals surface area (Å²) in [6.45, 7) is 4.56. The molecule has 1 aliphatic rings. The first kappa shape index (κ1) is 20.5. The molecule has 160 valence electrons. The number of para-hydroxylation sites is 2. The maximum atomic E-state index is 12.5. The topological polar surface area (TPSA) is 91.7 Å². The van der Waals surface area contributed by atoms with Gasteiger partial charge in [0.25, 0.3) is 5.91 Å². The second-order valence-electron chi connectivity index (χ2n) is 7.03. The van der Waals surface area contributed by atoms with E-state index in [1.807, 2.05) is 24.3 Å². The van der Waals surface area contributed by atoms with Crippen molar-refractivity contribution in [3.63, 3.8) is 0 Å². The highest BCUT2D eigenvalue weighted by Gasteiger charge is 2.21. The first-order valence-electron chi connectivity index (χ1n) is 10.1. The first-order chi connectivity index (χ1) is 15.1. The van der Waals surface area contributed by atoms with Crippen LogP contribution in [0.2, 0.25) is 0 Å². The van der Waals surface area contributed by atoms with Crippen LogP contribution in [0.25, 0.3) is 5.69 Å². The molecule has 0 aliphatic carbocycles. The predicted octanol–water partition coefficient (Wildman–Crippen LogP) is 2.93. The van der Waals surface area contributed by atoms with Crippen molar-refractivity contribution >= 4 is 11.9 Å². The van der Waals surface area contributed by atoms with Crippen molar-refractivity contribution in [1.82, 2.24) is 15.1 Å². The third-order valence-electron chi connectivity index (χ3n) is 4.94. The molecule has 1 N–H and O–H groups in total. The smallest absolute Gasteiger partial charge is 0.341 e. The van der Waals surface area contributed by atoms with E-state index in [1.165, 1.54) is 6.20 Å². The van der Waals surface area contributed by atoms with Crippen molar-refractivity contribution in [3.8, 4) is 17.2 Å². The van der Waals surface area contributed by atoms with Crippen LogP contribution in [-0.2, 0) is 4.74 Å². The monoisotopic (exact) mass is 421 g/mol. The van der Waals surface area contributed by atoms with Gasteiger partial charge in [0.2, 0.25) is 0 Å². The van der Waals surface area contributed by atoms with Crippen LogP contribution in [0.4, 0.5) is 0 Å². The lowest BCUT2D eigenvalue weighted by atomic mass is 10.2. The van der Waals surface area contributed by atoms with Gasteiger partial charge in [-0.3, -0.25) is 4.79 Å². The first-order valence-corrected chi connectivity index (χ1v) is 10.1. The van der Waals surface area contributed by atoms with Crippen molar-refractivity contribution < 1.29 is 23.8 Å². The van der Waals surface area contributed by atoms with E-state index in [0.29, 0.717) is 48.1 Å². The van der Waals surface area contributed by atoms with Crippen LogP contribution >= 0.6 is 0 Å². The Bertz CT molecular complexity index is 1090. The standard InChI is InChI=1S/C23H23N3O5/c1-3-29-23(28)19-13-25-26(15(19)2)17-10-8-16(9-11-17)22(27)24-12-18-14-30-20-6-4-5-7-21(20)31-18/h4-11,13,18H,3,12,14H2,1-2H3,(H,24,27). The zero-order valence-corrected chi connectivity index (χ0v) is 17.3. The van der Waals surface area contributed by atoms with Gasteiger partial charge in [0.1, 0.15) is 18.3 Å². The second-order valence-corrected chi connectivity index (χ2v) is 7.03. The van der Waals surface area contributed by atoms with Crippen LogP contribution in [0.5, 0.6) is 11.5 Å². The van der Waals surface area contributed by atoms with E-state index in [9.17, 15) is 9.59 Å². The van der Waals surface area contributed by atoms with Crippen molar-refractivity contribution in [2.24, 2.45) is 0 Å². The Kier molecular flexibility index (Phi) is 5.88. The number of nitrogens with zero attached hydrogens (tertiary/aromatic N) is 2.